The number of guanidine groups is 1. The van der Waals surface area contributed by atoms with Crippen molar-refractivity contribution in [2.45, 2.75) is 58.7 Å². The molecule has 1 saturated heterocycles. The Morgan fingerprint density at radius 1 is 1.33 bits per heavy atom. The highest BCUT2D eigenvalue weighted by Gasteiger charge is 2.36. The van der Waals surface area contributed by atoms with Crippen LogP contribution in [0.2, 0.25) is 0 Å². The average Bonchev–Trinajstić information content (AvgIpc) is 3.08. The highest BCUT2D eigenvalue weighted by Crippen LogP contribution is 2.20. The van der Waals surface area contributed by atoms with Gasteiger partial charge in [0.1, 0.15) is 5.60 Å². The van der Waals surface area contributed by atoms with Gasteiger partial charge >= 0.3 is 6.09 Å². The van der Waals surface area contributed by atoms with E-state index in [-0.39, 0.29) is 36.1 Å². The van der Waals surface area contributed by atoms with Crippen molar-refractivity contribution in [2.75, 3.05) is 32.8 Å². The van der Waals surface area contributed by atoms with Crippen molar-refractivity contribution < 1.29 is 14.3 Å². The van der Waals surface area contributed by atoms with Gasteiger partial charge in [-0.2, -0.15) is 0 Å². The molecule has 3 heterocycles. The van der Waals surface area contributed by atoms with Gasteiger partial charge < -0.3 is 24.6 Å². The molecule has 2 aliphatic rings. The largest absolute Gasteiger partial charge is 0.477 e. The normalized spacial score (nSPS) is 18.3. The molecule has 1 amide bonds. The zero-order valence-corrected chi connectivity index (χ0v) is 20.7. The van der Waals surface area contributed by atoms with Crippen molar-refractivity contribution in [3.8, 4) is 5.88 Å². The number of pyridine rings is 1. The minimum absolute atomic E-state index is 0. The van der Waals surface area contributed by atoms with Gasteiger partial charge in [-0.25, -0.2) is 9.78 Å². The van der Waals surface area contributed by atoms with Gasteiger partial charge in [-0.1, -0.05) is 19.4 Å². The molecule has 1 aromatic rings. The van der Waals surface area contributed by atoms with Crippen LogP contribution in [0.15, 0.2) is 23.3 Å². The zero-order valence-electron chi connectivity index (χ0n) is 18.4. The number of ether oxygens (including phenoxy) is 2. The summed E-state index contributed by atoms with van der Waals surface area (Å²) in [7, 11) is 0. The molecule has 1 atom stereocenters. The summed E-state index contributed by atoms with van der Waals surface area (Å²) in [5, 5.41) is 3.43. The minimum atomic E-state index is -0.478. The van der Waals surface area contributed by atoms with Crippen molar-refractivity contribution in [1.82, 2.24) is 20.1 Å². The van der Waals surface area contributed by atoms with Crippen LogP contribution in [0, 0.1) is 0 Å². The molecule has 0 aliphatic carbocycles. The Bertz CT molecular complexity index is 738. The number of piperazine rings is 1. The van der Waals surface area contributed by atoms with E-state index < -0.39 is 5.60 Å². The number of carbonyl (C=O) groups is 1. The molecule has 168 valence electrons. The van der Waals surface area contributed by atoms with E-state index in [1.807, 2.05) is 32.9 Å². The summed E-state index contributed by atoms with van der Waals surface area (Å²) in [5.74, 6) is 1.56. The van der Waals surface area contributed by atoms with Crippen molar-refractivity contribution in [1.29, 1.82) is 0 Å². The second-order valence-electron chi connectivity index (χ2n) is 8.46. The molecule has 0 aromatic carbocycles. The highest BCUT2D eigenvalue weighted by atomic mass is 127. The van der Waals surface area contributed by atoms with Crippen molar-refractivity contribution in [3.05, 3.63) is 23.9 Å². The molecule has 0 saturated carbocycles. The number of nitrogens with zero attached hydrogens (tertiary/aromatic N) is 4. The molecule has 1 N–H and O–H groups in total. The topological polar surface area (TPSA) is 79.3 Å². The first-order valence-electron chi connectivity index (χ1n) is 10.5. The van der Waals surface area contributed by atoms with Gasteiger partial charge in [-0.15, -0.1) is 24.0 Å². The number of nitrogens with one attached hydrogen (secondary N) is 1. The first kappa shape index (κ1) is 24.5. The number of halogens is 1. The molecular weight excluding hydrogens is 497 g/mol. The van der Waals surface area contributed by atoms with Crippen LogP contribution in [0.3, 0.4) is 0 Å². The monoisotopic (exact) mass is 531 g/mol. The molecule has 3 rings (SSSR count). The molecule has 9 heteroatoms. The Kier molecular flexibility index (Phi) is 8.99. The molecule has 8 nitrogen and oxygen atoms in total. The fraction of sp³-hybridized carbons (Fsp3) is 0.667. The number of aromatic nitrogens is 1. The summed E-state index contributed by atoms with van der Waals surface area (Å²) in [6.45, 7) is 11.8. The third kappa shape index (κ3) is 6.61. The number of rotatable bonds is 6. The van der Waals surface area contributed by atoms with Gasteiger partial charge in [-0.3, -0.25) is 4.99 Å². The Morgan fingerprint density at radius 3 is 2.87 bits per heavy atom. The van der Waals surface area contributed by atoms with E-state index >= 15 is 0 Å². The maximum Gasteiger partial charge on any atom is 0.410 e. The van der Waals surface area contributed by atoms with Crippen molar-refractivity contribution >= 4 is 36.0 Å². The number of hydrogen-bond donors (Lipinski definition) is 1. The van der Waals surface area contributed by atoms with E-state index in [4.69, 9.17) is 9.47 Å². The summed E-state index contributed by atoms with van der Waals surface area (Å²) < 4.78 is 11.3. The predicted molar refractivity (Wildman–Crippen MR) is 127 cm³/mol. The maximum absolute atomic E-state index is 12.4. The van der Waals surface area contributed by atoms with Crippen molar-refractivity contribution in [2.24, 2.45) is 4.99 Å². The second kappa shape index (κ2) is 11.0. The van der Waals surface area contributed by atoms with Crippen molar-refractivity contribution in [3.63, 3.8) is 0 Å². The molecule has 1 fully saturated rings. The number of amides is 1. The number of carbonyl (C=O) groups excluding carboxylic acids is 1. The second-order valence-corrected chi connectivity index (χ2v) is 8.46. The number of unbranched alkanes of at least 4 members (excludes halogenated alkanes) is 1. The van der Waals surface area contributed by atoms with Gasteiger partial charge in [0.2, 0.25) is 5.88 Å². The van der Waals surface area contributed by atoms with Crippen LogP contribution in [0.5, 0.6) is 5.88 Å². The number of fused-ring (bicyclic) bond motifs is 1. The molecule has 2 aliphatic heterocycles. The van der Waals surface area contributed by atoms with E-state index in [1.54, 1.807) is 11.1 Å². The SMILES string of the molecule is CCCCOc1ncccc1CNC1=NCC2CN(C(=O)OC(C)(C)C)CCN12.I. The fourth-order valence-electron chi connectivity index (χ4n) is 3.40. The Labute approximate surface area is 196 Å². The van der Waals surface area contributed by atoms with Crippen LogP contribution in [0.25, 0.3) is 0 Å². The third-order valence-corrected chi connectivity index (χ3v) is 4.88. The quantitative estimate of drug-likeness (QED) is 0.449. The summed E-state index contributed by atoms with van der Waals surface area (Å²) in [6.07, 6.45) is 3.61. The van der Waals surface area contributed by atoms with E-state index in [0.29, 0.717) is 38.7 Å². The lowest BCUT2D eigenvalue weighted by molar-refractivity contribution is 0.0137. The predicted octanol–water partition coefficient (Wildman–Crippen LogP) is 3.26. The van der Waals surface area contributed by atoms with Crippen LogP contribution < -0.4 is 10.1 Å². The Hall–Kier alpha value is -1.78. The van der Waals surface area contributed by atoms with Crippen LogP contribution in [-0.4, -0.2) is 71.3 Å². The average molecular weight is 531 g/mol. The Balaban J connectivity index is 0.00000320. The van der Waals surface area contributed by atoms with Gasteiger partial charge in [0.25, 0.3) is 0 Å². The van der Waals surface area contributed by atoms with Gasteiger partial charge in [-0.05, 0) is 33.3 Å². The van der Waals surface area contributed by atoms with Gasteiger partial charge in [0.15, 0.2) is 5.96 Å². The summed E-state index contributed by atoms with van der Waals surface area (Å²) >= 11 is 0. The molecule has 1 unspecified atom stereocenters. The fourth-order valence-corrected chi connectivity index (χ4v) is 3.40. The standard InChI is InChI=1S/C21H33N5O3.HI/c1-5-6-12-28-18-16(8-7-9-22-18)13-23-19-24-14-17-15-25(10-11-26(17)19)20(27)29-21(2,3)4;/h7-9,17H,5-6,10-15H2,1-4H3,(H,23,24);1H. The molecule has 1 aromatic heterocycles. The van der Waals surface area contributed by atoms with Crippen LogP contribution in [0.1, 0.15) is 46.1 Å². The molecule has 30 heavy (non-hydrogen) atoms. The lowest BCUT2D eigenvalue weighted by Gasteiger charge is -2.39. The molecular formula is C21H34IN5O3. The minimum Gasteiger partial charge on any atom is -0.477 e. The van der Waals surface area contributed by atoms with E-state index in [2.05, 4.69) is 27.1 Å². The summed E-state index contributed by atoms with van der Waals surface area (Å²) in [6, 6.07) is 4.13. The first-order valence-corrected chi connectivity index (χ1v) is 10.5. The maximum atomic E-state index is 12.4. The molecule has 0 radical (unpaired) electrons. The van der Waals surface area contributed by atoms with Gasteiger partial charge in [0, 0.05) is 37.9 Å². The third-order valence-electron chi connectivity index (χ3n) is 4.88. The van der Waals surface area contributed by atoms with Gasteiger partial charge in [0.05, 0.1) is 19.2 Å². The van der Waals surface area contributed by atoms with E-state index in [9.17, 15) is 4.79 Å². The van der Waals surface area contributed by atoms with Crippen LogP contribution in [-0.2, 0) is 11.3 Å². The molecule has 0 spiro atoms. The smallest absolute Gasteiger partial charge is 0.410 e. The number of hydrogen-bond acceptors (Lipinski definition) is 7. The summed E-state index contributed by atoms with van der Waals surface area (Å²) in [5.41, 5.74) is 0.537. The highest BCUT2D eigenvalue weighted by molar-refractivity contribution is 14.0. The van der Waals surface area contributed by atoms with Crippen LogP contribution >= 0.6 is 24.0 Å². The van der Waals surface area contributed by atoms with Crippen LogP contribution in [0.4, 0.5) is 4.79 Å². The first-order chi connectivity index (χ1) is 13.9. The van der Waals surface area contributed by atoms with E-state index in [1.165, 1.54) is 0 Å². The Morgan fingerprint density at radius 2 is 2.13 bits per heavy atom. The summed E-state index contributed by atoms with van der Waals surface area (Å²) in [4.78, 5) is 25.4. The lowest BCUT2D eigenvalue weighted by Crippen LogP contribution is -2.57. The zero-order chi connectivity index (χ0) is 20.9. The van der Waals surface area contributed by atoms with E-state index in [0.717, 1.165) is 30.9 Å². The lowest BCUT2D eigenvalue weighted by atomic mass is 10.2. The molecule has 0 bridgehead atoms. The number of aliphatic imine (C=N–C) groups is 1.